The average Bonchev–Trinajstić information content (AvgIpc) is 2.48. The zero-order valence-corrected chi connectivity index (χ0v) is 12.0. The third-order valence-electron chi connectivity index (χ3n) is 2.95. The van der Waals surface area contributed by atoms with E-state index in [9.17, 15) is 9.59 Å². The van der Waals surface area contributed by atoms with Crippen LogP contribution in [0.1, 0.15) is 35.3 Å². The molecule has 1 aromatic heterocycles. The van der Waals surface area contributed by atoms with Gasteiger partial charge >= 0.3 is 5.97 Å². The van der Waals surface area contributed by atoms with Crippen LogP contribution >= 0.6 is 0 Å². The van der Waals surface area contributed by atoms with Gasteiger partial charge in [0.05, 0.1) is 0 Å². The van der Waals surface area contributed by atoms with Crippen LogP contribution in [0.3, 0.4) is 0 Å². The molecular weight excluding hydrogens is 272 g/mol. The van der Waals surface area contributed by atoms with E-state index in [1.165, 1.54) is 12.3 Å². The number of carbonyl (C=O) groups is 2. The Morgan fingerprint density at radius 3 is 2.76 bits per heavy atom. The van der Waals surface area contributed by atoms with Crippen molar-refractivity contribution in [1.82, 2.24) is 9.88 Å². The minimum atomic E-state index is -1.07. The molecule has 2 N–H and O–H groups in total. The molecule has 0 spiro atoms. The molecule has 21 heavy (non-hydrogen) atoms. The lowest BCUT2D eigenvalue weighted by Gasteiger charge is -2.17. The minimum Gasteiger partial charge on any atom is -0.478 e. The van der Waals surface area contributed by atoms with Gasteiger partial charge in [-0.3, -0.25) is 9.78 Å². The molecule has 0 radical (unpaired) electrons. The van der Waals surface area contributed by atoms with E-state index >= 15 is 0 Å². The first-order chi connectivity index (χ1) is 10.1. The summed E-state index contributed by atoms with van der Waals surface area (Å²) in [6, 6.07) is 3.30. The molecule has 0 saturated carbocycles. The SMILES string of the molecule is CN(CCCCCO)C(=O)c1ncccc1/C=C/C(=O)O. The van der Waals surface area contributed by atoms with Crippen molar-refractivity contribution in [3.8, 4) is 0 Å². The van der Waals surface area contributed by atoms with Crippen LogP contribution in [0.4, 0.5) is 0 Å². The Morgan fingerprint density at radius 2 is 2.10 bits per heavy atom. The van der Waals surface area contributed by atoms with Gasteiger partial charge in [-0.1, -0.05) is 6.07 Å². The lowest BCUT2D eigenvalue weighted by atomic mass is 10.1. The Hall–Kier alpha value is -2.21. The third kappa shape index (κ3) is 5.74. The number of hydrogen-bond donors (Lipinski definition) is 2. The number of pyridine rings is 1. The summed E-state index contributed by atoms with van der Waals surface area (Å²) in [5, 5.41) is 17.4. The van der Waals surface area contributed by atoms with E-state index in [2.05, 4.69) is 4.98 Å². The first-order valence-corrected chi connectivity index (χ1v) is 6.78. The summed E-state index contributed by atoms with van der Waals surface area (Å²) >= 11 is 0. The summed E-state index contributed by atoms with van der Waals surface area (Å²) in [6.45, 7) is 0.722. The van der Waals surface area contributed by atoms with Crippen molar-refractivity contribution >= 4 is 18.0 Å². The number of unbranched alkanes of at least 4 members (excludes halogenated alkanes) is 2. The number of aromatic nitrogens is 1. The summed E-state index contributed by atoms with van der Waals surface area (Å²) in [6.07, 6.45) is 6.22. The maximum absolute atomic E-state index is 12.3. The van der Waals surface area contributed by atoms with E-state index < -0.39 is 5.97 Å². The number of carboxylic acids is 1. The molecule has 6 nitrogen and oxygen atoms in total. The number of carbonyl (C=O) groups excluding carboxylic acids is 1. The molecule has 1 rings (SSSR count). The molecule has 0 saturated heterocycles. The third-order valence-corrected chi connectivity index (χ3v) is 2.95. The fraction of sp³-hybridized carbons (Fsp3) is 0.400. The number of aliphatic carboxylic acids is 1. The monoisotopic (exact) mass is 292 g/mol. The second kappa shape index (κ2) is 8.86. The number of carboxylic acid groups (broad SMARTS) is 1. The van der Waals surface area contributed by atoms with Crippen LogP contribution in [0, 0.1) is 0 Å². The summed E-state index contributed by atoms with van der Waals surface area (Å²) in [5.74, 6) is -1.32. The van der Waals surface area contributed by atoms with Gasteiger partial charge in [-0.05, 0) is 31.4 Å². The lowest BCUT2D eigenvalue weighted by Crippen LogP contribution is -2.29. The molecule has 0 aliphatic carbocycles. The van der Waals surface area contributed by atoms with Crippen molar-refractivity contribution in [1.29, 1.82) is 0 Å². The fourth-order valence-corrected chi connectivity index (χ4v) is 1.81. The van der Waals surface area contributed by atoms with Gasteiger partial charge < -0.3 is 15.1 Å². The second-order valence-electron chi connectivity index (χ2n) is 4.62. The summed E-state index contributed by atoms with van der Waals surface area (Å²) < 4.78 is 0. The molecule has 0 unspecified atom stereocenters. The highest BCUT2D eigenvalue weighted by atomic mass is 16.4. The Bertz CT molecular complexity index is 514. The van der Waals surface area contributed by atoms with Crippen LogP contribution in [-0.2, 0) is 4.79 Å². The zero-order valence-electron chi connectivity index (χ0n) is 12.0. The van der Waals surface area contributed by atoms with Gasteiger partial charge in [-0.15, -0.1) is 0 Å². The normalized spacial score (nSPS) is 10.8. The van der Waals surface area contributed by atoms with Crippen molar-refractivity contribution in [2.75, 3.05) is 20.2 Å². The van der Waals surface area contributed by atoms with Crippen LogP contribution in [0.2, 0.25) is 0 Å². The van der Waals surface area contributed by atoms with Gasteiger partial charge in [-0.2, -0.15) is 0 Å². The highest BCUT2D eigenvalue weighted by molar-refractivity contribution is 5.97. The minimum absolute atomic E-state index is 0.155. The van der Waals surface area contributed by atoms with Gasteiger partial charge in [0.2, 0.25) is 0 Å². The molecule has 0 bridgehead atoms. The highest BCUT2D eigenvalue weighted by Crippen LogP contribution is 2.11. The van der Waals surface area contributed by atoms with E-state index in [0.717, 1.165) is 25.3 Å². The van der Waals surface area contributed by atoms with Crippen molar-refractivity contribution in [2.45, 2.75) is 19.3 Å². The highest BCUT2D eigenvalue weighted by Gasteiger charge is 2.15. The fourth-order valence-electron chi connectivity index (χ4n) is 1.81. The molecule has 0 fully saturated rings. The number of amides is 1. The average molecular weight is 292 g/mol. The largest absolute Gasteiger partial charge is 0.478 e. The van der Waals surface area contributed by atoms with E-state index in [1.807, 2.05) is 0 Å². The van der Waals surface area contributed by atoms with Crippen LogP contribution in [0.15, 0.2) is 24.4 Å². The first kappa shape index (κ1) is 16.8. The Labute approximate surface area is 123 Å². The van der Waals surface area contributed by atoms with Crippen LogP contribution < -0.4 is 0 Å². The van der Waals surface area contributed by atoms with E-state index in [-0.39, 0.29) is 18.2 Å². The first-order valence-electron chi connectivity index (χ1n) is 6.78. The summed E-state index contributed by atoms with van der Waals surface area (Å²) in [7, 11) is 1.68. The van der Waals surface area contributed by atoms with E-state index in [0.29, 0.717) is 12.1 Å². The molecule has 0 aromatic carbocycles. The smallest absolute Gasteiger partial charge is 0.328 e. The van der Waals surface area contributed by atoms with Crippen molar-refractivity contribution in [3.05, 3.63) is 35.7 Å². The number of nitrogens with zero attached hydrogens (tertiary/aromatic N) is 2. The molecular formula is C15H20N2O4. The summed E-state index contributed by atoms with van der Waals surface area (Å²) in [4.78, 5) is 28.5. The molecule has 0 atom stereocenters. The standard InChI is InChI=1S/C15H20N2O4/c1-17(10-3-2-4-11-18)15(21)14-12(6-5-9-16-14)7-8-13(19)20/h5-9,18H,2-4,10-11H2,1H3,(H,19,20)/b8-7+. The Morgan fingerprint density at radius 1 is 1.33 bits per heavy atom. The van der Waals surface area contributed by atoms with Crippen molar-refractivity contribution in [3.63, 3.8) is 0 Å². The quantitative estimate of drug-likeness (QED) is 0.558. The Balaban J connectivity index is 2.75. The van der Waals surface area contributed by atoms with E-state index in [1.54, 1.807) is 24.1 Å². The van der Waals surface area contributed by atoms with Gasteiger partial charge in [0, 0.05) is 38.0 Å². The molecule has 1 heterocycles. The molecule has 1 aromatic rings. The van der Waals surface area contributed by atoms with Gasteiger partial charge in [0.15, 0.2) is 0 Å². The number of aliphatic hydroxyl groups is 1. The molecule has 6 heteroatoms. The molecule has 0 aliphatic rings. The Kier molecular flexibility index (Phi) is 7.11. The molecule has 114 valence electrons. The predicted octanol–water partition coefficient (Wildman–Crippen LogP) is 1.41. The van der Waals surface area contributed by atoms with Gasteiger partial charge in [0.25, 0.3) is 5.91 Å². The van der Waals surface area contributed by atoms with Gasteiger partial charge in [-0.25, -0.2) is 4.79 Å². The number of rotatable bonds is 8. The van der Waals surface area contributed by atoms with E-state index in [4.69, 9.17) is 10.2 Å². The zero-order chi connectivity index (χ0) is 15.7. The number of aliphatic hydroxyl groups excluding tert-OH is 1. The van der Waals surface area contributed by atoms with Crippen LogP contribution in [0.25, 0.3) is 6.08 Å². The predicted molar refractivity (Wildman–Crippen MR) is 78.8 cm³/mol. The molecule has 1 amide bonds. The second-order valence-corrected chi connectivity index (χ2v) is 4.62. The maximum atomic E-state index is 12.3. The molecule has 0 aliphatic heterocycles. The van der Waals surface area contributed by atoms with Crippen molar-refractivity contribution in [2.24, 2.45) is 0 Å². The van der Waals surface area contributed by atoms with Gasteiger partial charge in [0.1, 0.15) is 5.69 Å². The summed E-state index contributed by atoms with van der Waals surface area (Å²) in [5.41, 5.74) is 0.715. The maximum Gasteiger partial charge on any atom is 0.328 e. The number of hydrogen-bond acceptors (Lipinski definition) is 4. The van der Waals surface area contributed by atoms with Crippen LogP contribution in [-0.4, -0.2) is 52.2 Å². The lowest BCUT2D eigenvalue weighted by molar-refractivity contribution is -0.131. The van der Waals surface area contributed by atoms with Crippen LogP contribution in [0.5, 0.6) is 0 Å². The topological polar surface area (TPSA) is 90.7 Å². The van der Waals surface area contributed by atoms with Crippen molar-refractivity contribution < 1.29 is 19.8 Å².